The average molecular weight is 282 g/mol. The lowest BCUT2D eigenvalue weighted by atomic mass is 10.2. The largest absolute Gasteiger partial charge is 0.399 e. The van der Waals surface area contributed by atoms with Gasteiger partial charge in [-0.1, -0.05) is 0 Å². The van der Waals surface area contributed by atoms with Gasteiger partial charge < -0.3 is 5.73 Å². The van der Waals surface area contributed by atoms with Crippen LogP contribution in [0.15, 0.2) is 17.0 Å². The third kappa shape index (κ3) is 2.94. The number of alkyl halides is 2. The monoisotopic (exact) mass is 282 g/mol. The Morgan fingerprint density at radius 2 is 1.94 bits per heavy atom. The fourth-order valence-electron chi connectivity index (χ4n) is 1.41. The van der Waals surface area contributed by atoms with E-state index in [1.807, 2.05) is 0 Å². The summed E-state index contributed by atoms with van der Waals surface area (Å²) in [6, 6.07) is 2.18. The molecule has 1 aromatic rings. The number of nitrogens with zero attached hydrogens (tertiary/aromatic N) is 1. The van der Waals surface area contributed by atoms with Crippen LogP contribution in [0, 0.1) is 12.7 Å². The van der Waals surface area contributed by atoms with Crippen molar-refractivity contribution < 1.29 is 21.6 Å². The topological polar surface area (TPSA) is 63.4 Å². The number of nitrogens with two attached hydrogens (primary N) is 1. The standard InChI is InChI=1S/C10H13F3N2O2S/c1-6-3-7(14)4-8(10(6)13)18(16,17)15(2)5-9(11)12/h3-4,9H,5,14H2,1-2H3. The summed E-state index contributed by atoms with van der Waals surface area (Å²) in [7, 11) is -3.35. The lowest BCUT2D eigenvalue weighted by Gasteiger charge is -2.18. The number of sulfonamides is 1. The van der Waals surface area contributed by atoms with E-state index in [-0.39, 0.29) is 11.3 Å². The van der Waals surface area contributed by atoms with Crippen LogP contribution in [-0.2, 0) is 10.0 Å². The maximum absolute atomic E-state index is 13.7. The molecule has 0 saturated heterocycles. The minimum Gasteiger partial charge on any atom is -0.399 e. The third-order valence-electron chi connectivity index (χ3n) is 2.33. The molecule has 8 heteroatoms. The Morgan fingerprint density at radius 3 is 2.44 bits per heavy atom. The van der Waals surface area contributed by atoms with Gasteiger partial charge in [0.15, 0.2) is 0 Å². The van der Waals surface area contributed by atoms with Gasteiger partial charge in [-0.25, -0.2) is 21.6 Å². The molecule has 0 saturated carbocycles. The molecule has 4 nitrogen and oxygen atoms in total. The van der Waals surface area contributed by atoms with Crippen LogP contribution in [0.25, 0.3) is 0 Å². The highest BCUT2D eigenvalue weighted by molar-refractivity contribution is 7.89. The average Bonchev–Trinajstić information content (AvgIpc) is 2.22. The first-order valence-corrected chi connectivity index (χ1v) is 6.40. The number of hydrogen-bond acceptors (Lipinski definition) is 3. The van der Waals surface area contributed by atoms with Gasteiger partial charge in [-0.05, 0) is 24.6 Å². The third-order valence-corrected chi connectivity index (χ3v) is 4.15. The highest BCUT2D eigenvalue weighted by Crippen LogP contribution is 2.24. The fourth-order valence-corrected chi connectivity index (χ4v) is 2.73. The van der Waals surface area contributed by atoms with Gasteiger partial charge in [-0.2, -0.15) is 4.31 Å². The Labute approximate surface area is 103 Å². The van der Waals surface area contributed by atoms with Crippen molar-refractivity contribution in [3.63, 3.8) is 0 Å². The summed E-state index contributed by atoms with van der Waals surface area (Å²) in [5.74, 6) is -0.981. The van der Waals surface area contributed by atoms with Gasteiger partial charge in [0.2, 0.25) is 10.0 Å². The molecule has 0 aliphatic heterocycles. The molecule has 0 aromatic heterocycles. The van der Waals surface area contributed by atoms with Gasteiger partial charge in [0.1, 0.15) is 10.7 Å². The van der Waals surface area contributed by atoms with Crippen molar-refractivity contribution in [3.05, 3.63) is 23.5 Å². The first kappa shape index (κ1) is 14.8. The fraction of sp³-hybridized carbons (Fsp3) is 0.400. The minimum atomic E-state index is -4.31. The normalized spacial score (nSPS) is 12.4. The van der Waals surface area contributed by atoms with Crippen molar-refractivity contribution in [2.45, 2.75) is 18.2 Å². The van der Waals surface area contributed by atoms with Crippen molar-refractivity contribution in [2.75, 3.05) is 19.3 Å². The first-order chi connectivity index (χ1) is 8.16. The van der Waals surface area contributed by atoms with Gasteiger partial charge in [-0.15, -0.1) is 0 Å². The van der Waals surface area contributed by atoms with Crippen LogP contribution in [0.1, 0.15) is 5.56 Å². The molecule has 0 radical (unpaired) electrons. The number of anilines is 1. The number of halogens is 3. The lowest BCUT2D eigenvalue weighted by molar-refractivity contribution is 0.126. The van der Waals surface area contributed by atoms with E-state index >= 15 is 0 Å². The molecule has 0 atom stereocenters. The molecule has 0 bridgehead atoms. The molecule has 0 spiro atoms. The summed E-state index contributed by atoms with van der Waals surface area (Å²) in [6.45, 7) is 0.341. The molecule has 1 aromatic carbocycles. The van der Waals surface area contributed by atoms with E-state index in [1.165, 1.54) is 13.0 Å². The van der Waals surface area contributed by atoms with E-state index in [0.717, 1.165) is 13.1 Å². The zero-order valence-electron chi connectivity index (χ0n) is 9.82. The van der Waals surface area contributed by atoms with E-state index in [1.54, 1.807) is 0 Å². The molecular weight excluding hydrogens is 269 g/mol. The molecule has 18 heavy (non-hydrogen) atoms. The van der Waals surface area contributed by atoms with Crippen molar-refractivity contribution in [1.29, 1.82) is 0 Å². The van der Waals surface area contributed by atoms with E-state index in [2.05, 4.69) is 0 Å². The predicted molar refractivity (Wildman–Crippen MR) is 61.4 cm³/mol. The summed E-state index contributed by atoms with van der Waals surface area (Å²) in [6.07, 6.45) is -2.84. The summed E-state index contributed by atoms with van der Waals surface area (Å²) in [4.78, 5) is -0.692. The number of rotatable bonds is 4. The van der Waals surface area contributed by atoms with Gasteiger partial charge in [0.25, 0.3) is 6.43 Å². The Bertz CT molecular complexity index is 546. The zero-order chi connectivity index (χ0) is 14.1. The van der Waals surface area contributed by atoms with Gasteiger partial charge >= 0.3 is 0 Å². The van der Waals surface area contributed by atoms with Crippen LogP contribution in [0.3, 0.4) is 0 Å². The molecule has 0 amide bonds. The van der Waals surface area contributed by atoms with Crippen LogP contribution in [0.5, 0.6) is 0 Å². The van der Waals surface area contributed by atoms with Crippen LogP contribution in [-0.4, -0.2) is 32.7 Å². The Kier molecular flexibility index (Phi) is 4.23. The molecule has 0 fully saturated rings. The Morgan fingerprint density at radius 1 is 1.39 bits per heavy atom. The Balaban J connectivity index is 3.29. The van der Waals surface area contributed by atoms with Crippen molar-refractivity contribution in [1.82, 2.24) is 4.31 Å². The minimum absolute atomic E-state index is 0.0408. The maximum atomic E-state index is 13.7. The number of nitrogen functional groups attached to an aromatic ring is 1. The smallest absolute Gasteiger partial charge is 0.252 e. The molecule has 1 rings (SSSR count). The second-order valence-corrected chi connectivity index (χ2v) is 5.84. The van der Waals surface area contributed by atoms with E-state index in [9.17, 15) is 21.6 Å². The highest BCUT2D eigenvalue weighted by Gasteiger charge is 2.27. The molecule has 102 valence electrons. The number of aryl methyl sites for hydroxylation is 1. The van der Waals surface area contributed by atoms with Crippen molar-refractivity contribution in [3.8, 4) is 0 Å². The van der Waals surface area contributed by atoms with Crippen LogP contribution in [0.4, 0.5) is 18.9 Å². The molecule has 0 unspecified atom stereocenters. The SMILES string of the molecule is Cc1cc(N)cc(S(=O)(=O)N(C)CC(F)F)c1F. The maximum Gasteiger partial charge on any atom is 0.252 e. The predicted octanol–water partition coefficient (Wildman–Crippen LogP) is 1.60. The second kappa shape index (κ2) is 5.15. The highest BCUT2D eigenvalue weighted by atomic mass is 32.2. The summed E-state index contributed by atoms with van der Waals surface area (Å²) in [5, 5.41) is 0. The van der Waals surface area contributed by atoms with Crippen LogP contribution >= 0.6 is 0 Å². The second-order valence-electron chi connectivity index (χ2n) is 3.83. The summed E-state index contributed by atoms with van der Waals surface area (Å²) >= 11 is 0. The van der Waals surface area contributed by atoms with Crippen molar-refractivity contribution >= 4 is 15.7 Å². The number of benzene rings is 1. The zero-order valence-corrected chi connectivity index (χ0v) is 10.6. The van der Waals surface area contributed by atoms with Gasteiger partial charge in [-0.3, -0.25) is 0 Å². The van der Waals surface area contributed by atoms with E-state index in [0.29, 0.717) is 4.31 Å². The summed E-state index contributed by atoms with van der Waals surface area (Å²) in [5.41, 5.74) is 5.52. The van der Waals surface area contributed by atoms with E-state index in [4.69, 9.17) is 5.73 Å². The molecular formula is C10H13F3N2O2S. The Hall–Kier alpha value is -1.28. The lowest BCUT2D eigenvalue weighted by Crippen LogP contribution is -2.32. The van der Waals surface area contributed by atoms with Crippen LogP contribution < -0.4 is 5.73 Å². The quantitative estimate of drug-likeness (QED) is 0.853. The number of hydrogen-bond donors (Lipinski definition) is 1. The van der Waals surface area contributed by atoms with Gasteiger partial charge in [0, 0.05) is 12.7 Å². The molecule has 0 aliphatic carbocycles. The molecule has 0 aliphatic rings. The van der Waals surface area contributed by atoms with E-state index < -0.39 is 33.7 Å². The summed E-state index contributed by atoms with van der Waals surface area (Å²) < 4.78 is 62.2. The molecule has 2 N–H and O–H groups in total. The van der Waals surface area contributed by atoms with Crippen molar-refractivity contribution in [2.24, 2.45) is 0 Å². The molecule has 0 heterocycles. The van der Waals surface area contributed by atoms with Gasteiger partial charge in [0.05, 0.1) is 6.54 Å². The first-order valence-electron chi connectivity index (χ1n) is 4.96. The van der Waals surface area contributed by atoms with Crippen LogP contribution in [0.2, 0.25) is 0 Å².